The van der Waals surface area contributed by atoms with E-state index in [4.69, 9.17) is 9.72 Å². The lowest BCUT2D eigenvalue weighted by Gasteiger charge is -2.28. The molecular weight excluding hydrogens is 486 g/mol. The van der Waals surface area contributed by atoms with E-state index in [0.29, 0.717) is 11.4 Å². The molecule has 1 aliphatic rings. The van der Waals surface area contributed by atoms with E-state index in [1.165, 1.54) is 28.6 Å². The van der Waals surface area contributed by atoms with Crippen molar-refractivity contribution in [2.75, 3.05) is 28.1 Å². The number of benzene rings is 3. The van der Waals surface area contributed by atoms with Crippen LogP contribution in [0, 0.1) is 6.92 Å². The predicted molar refractivity (Wildman–Crippen MR) is 136 cm³/mol. The highest BCUT2D eigenvalue weighted by Crippen LogP contribution is 2.29. The van der Waals surface area contributed by atoms with Crippen molar-refractivity contribution in [1.82, 2.24) is 4.98 Å². The molecule has 0 saturated carbocycles. The molecule has 0 bridgehead atoms. The quantitative estimate of drug-likeness (QED) is 0.434. The van der Waals surface area contributed by atoms with Crippen LogP contribution in [0.1, 0.15) is 5.56 Å². The summed E-state index contributed by atoms with van der Waals surface area (Å²) in [5.41, 5.74) is 4.19. The van der Waals surface area contributed by atoms with E-state index < -0.39 is 26.0 Å². The van der Waals surface area contributed by atoms with Crippen LogP contribution in [0.5, 0.6) is 0 Å². The zero-order valence-electron chi connectivity index (χ0n) is 18.9. The maximum absolute atomic E-state index is 13.0. The Morgan fingerprint density at radius 1 is 0.971 bits per heavy atom. The topological polar surface area (TPSA) is 106 Å². The molecule has 1 saturated heterocycles. The van der Waals surface area contributed by atoms with Crippen LogP contribution in [0.3, 0.4) is 0 Å². The first kappa shape index (κ1) is 23.3. The number of aryl methyl sites for hydroxylation is 1. The number of aromatic nitrogens is 1. The number of pyridine rings is 1. The number of nitrogens with one attached hydrogen (secondary N) is 1. The Morgan fingerprint density at radius 2 is 1.74 bits per heavy atom. The van der Waals surface area contributed by atoms with Crippen molar-refractivity contribution in [2.45, 2.75) is 11.8 Å². The SMILES string of the molecule is Cc1ccc(NS(=O)(=O)c2ccc(N3CCOCS3(=O)=O)cc2)cc1-c1ccc2ccccc2n1. The van der Waals surface area contributed by atoms with Gasteiger partial charge in [0, 0.05) is 16.6 Å². The highest BCUT2D eigenvalue weighted by molar-refractivity contribution is 7.93. The van der Waals surface area contributed by atoms with Crippen LogP contribution < -0.4 is 9.03 Å². The fraction of sp³-hybridized carbons (Fsp3) is 0.160. The van der Waals surface area contributed by atoms with E-state index >= 15 is 0 Å². The maximum Gasteiger partial charge on any atom is 0.261 e. The van der Waals surface area contributed by atoms with Gasteiger partial charge in [0.1, 0.15) is 0 Å². The van der Waals surface area contributed by atoms with Gasteiger partial charge < -0.3 is 4.74 Å². The lowest BCUT2D eigenvalue weighted by Crippen LogP contribution is -2.41. The number of sulfonamides is 2. The molecule has 1 aliphatic heterocycles. The number of hydrogen-bond donors (Lipinski definition) is 1. The van der Waals surface area contributed by atoms with Crippen LogP contribution in [0.4, 0.5) is 11.4 Å². The van der Waals surface area contributed by atoms with E-state index in [2.05, 4.69) is 4.72 Å². The molecule has 8 nitrogen and oxygen atoms in total. The third-order valence-corrected chi connectivity index (χ3v) is 8.73. The van der Waals surface area contributed by atoms with Crippen molar-refractivity contribution in [3.8, 4) is 11.3 Å². The zero-order valence-corrected chi connectivity index (χ0v) is 20.5. The summed E-state index contributed by atoms with van der Waals surface area (Å²) in [7, 11) is -7.48. The monoisotopic (exact) mass is 509 g/mol. The normalized spacial score (nSPS) is 15.7. The van der Waals surface area contributed by atoms with Crippen molar-refractivity contribution in [1.29, 1.82) is 0 Å². The summed E-state index contributed by atoms with van der Waals surface area (Å²) in [6.45, 7) is 2.41. The van der Waals surface area contributed by atoms with Gasteiger partial charge in [-0.3, -0.25) is 9.03 Å². The second-order valence-corrected chi connectivity index (χ2v) is 11.8. The standard InChI is InChI=1S/C25H23N3O5S2/c1-18-6-8-20(16-23(18)25-13-7-19-4-2-3-5-24(19)26-25)27-35(31,32)22-11-9-21(10-12-22)28-14-15-33-17-34(28,29)30/h2-13,16,27H,14-15,17H2,1H3. The molecule has 10 heteroatoms. The van der Waals surface area contributed by atoms with Crippen molar-refractivity contribution < 1.29 is 21.6 Å². The van der Waals surface area contributed by atoms with Gasteiger partial charge in [-0.1, -0.05) is 30.3 Å². The number of ether oxygens (including phenoxy) is 1. The Balaban J connectivity index is 1.41. The molecule has 4 aromatic rings. The third-order valence-electron chi connectivity index (χ3n) is 5.81. The highest BCUT2D eigenvalue weighted by Gasteiger charge is 2.27. The van der Waals surface area contributed by atoms with Crippen LogP contribution in [0.2, 0.25) is 0 Å². The smallest absolute Gasteiger partial charge is 0.261 e. The number of para-hydroxylation sites is 1. The molecule has 0 atom stereocenters. The van der Waals surface area contributed by atoms with Gasteiger partial charge >= 0.3 is 0 Å². The van der Waals surface area contributed by atoms with Crippen molar-refractivity contribution in [3.05, 3.63) is 84.4 Å². The fourth-order valence-electron chi connectivity index (χ4n) is 3.99. The minimum absolute atomic E-state index is 0.0258. The third kappa shape index (κ3) is 4.72. The number of nitrogens with zero attached hydrogens (tertiary/aromatic N) is 2. The van der Waals surface area contributed by atoms with Gasteiger partial charge in [-0.05, 0) is 61.0 Å². The average molecular weight is 510 g/mol. The van der Waals surface area contributed by atoms with Crippen molar-refractivity contribution in [2.24, 2.45) is 0 Å². The maximum atomic E-state index is 13.0. The number of hydrogen-bond acceptors (Lipinski definition) is 6. The molecule has 3 aromatic carbocycles. The van der Waals surface area contributed by atoms with Gasteiger partial charge in [0.15, 0.2) is 5.94 Å². The van der Waals surface area contributed by atoms with E-state index in [0.717, 1.165) is 27.7 Å². The van der Waals surface area contributed by atoms with Crippen LogP contribution in [-0.4, -0.2) is 40.9 Å². The molecule has 1 fully saturated rings. The second kappa shape index (κ2) is 8.95. The number of anilines is 2. The lowest BCUT2D eigenvalue weighted by atomic mass is 10.0. The molecule has 0 radical (unpaired) electrons. The Morgan fingerprint density at radius 3 is 2.51 bits per heavy atom. The molecule has 35 heavy (non-hydrogen) atoms. The van der Waals surface area contributed by atoms with Gasteiger partial charge in [0.25, 0.3) is 20.0 Å². The van der Waals surface area contributed by atoms with E-state index in [1.54, 1.807) is 12.1 Å². The Kier molecular flexibility index (Phi) is 5.96. The Labute approximate surface area is 204 Å². The summed E-state index contributed by atoms with van der Waals surface area (Å²) in [4.78, 5) is 4.75. The number of fused-ring (bicyclic) bond motifs is 1. The molecule has 180 valence electrons. The van der Waals surface area contributed by atoms with Gasteiger partial charge in [-0.15, -0.1) is 0 Å². The Hall–Kier alpha value is -3.47. The first-order valence-electron chi connectivity index (χ1n) is 10.9. The van der Waals surface area contributed by atoms with Crippen molar-refractivity contribution >= 4 is 42.3 Å². The van der Waals surface area contributed by atoms with Crippen LogP contribution >= 0.6 is 0 Å². The molecule has 1 aromatic heterocycles. The molecule has 1 N–H and O–H groups in total. The summed E-state index contributed by atoms with van der Waals surface area (Å²) in [6.07, 6.45) is 0. The average Bonchev–Trinajstić information content (AvgIpc) is 2.84. The fourth-order valence-corrected chi connectivity index (χ4v) is 6.29. The molecule has 0 unspecified atom stereocenters. The summed E-state index contributed by atoms with van der Waals surface area (Å²) in [5, 5.41) is 1.03. The van der Waals surface area contributed by atoms with E-state index in [9.17, 15) is 16.8 Å². The molecule has 0 spiro atoms. The molecular formula is C25H23N3O5S2. The minimum Gasteiger partial charge on any atom is -0.362 e. The van der Waals surface area contributed by atoms with Gasteiger partial charge in [0.05, 0.1) is 34.9 Å². The first-order chi connectivity index (χ1) is 16.7. The van der Waals surface area contributed by atoms with Crippen LogP contribution in [0.15, 0.2) is 83.8 Å². The van der Waals surface area contributed by atoms with Crippen molar-refractivity contribution in [3.63, 3.8) is 0 Å². The highest BCUT2D eigenvalue weighted by atomic mass is 32.2. The molecule has 5 rings (SSSR count). The molecule has 2 heterocycles. The van der Waals surface area contributed by atoms with E-state index in [-0.39, 0.29) is 18.0 Å². The lowest BCUT2D eigenvalue weighted by molar-refractivity contribution is 0.175. The summed E-state index contributed by atoms with van der Waals surface area (Å²) >= 11 is 0. The summed E-state index contributed by atoms with van der Waals surface area (Å²) in [6, 6.07) is 22.8. The molecule has 0 aliphatic carbocycles. The summed E-state index contributed by atoms with van der Waals surface area (Å²) < 4.78 is 59.4. The van der Waals surface area contributed by atoms with Gasteiger partial charge in [-0.25, -0.2) is 21.8 Å². The van der Waals surface area contributed by atoms with Gasteiger partial charge in [0.2, 0.25) is 0 Å². The van der Waals surface area contributed by atoms with Crippen LogP contribution in [0.25, 0.3) is 22.2 Å². The second-order valence-electron chi connectivity index (χ2n) is 8.23. The summed E-state index contributed by atoms with van der Waals surface area (Å²) in [5.74, 6) is -0.392. The minimum atomic E-state index is -3.90. The Bertz CT molecular complexity index is 1620. The van der Waals surface area contributed by atoms with E-state index in [1.807, 2.05) is 49.4 Å². The largest absolute Gasteiger partial charge is 0.362 e. The first-order valence-corrected chi connectivity index (χ1v) is 14.0. The van der Waals surface area contributed by atoms with Crippen LogP contribution in [-0.2, 0) is 24.8 Å². The predicted octanol–water partition coefficient (Wildman–Crippen LogP) is 4.13. The molecule has 0 amide bonds. The van der Waals surface area contributed by atoms with Gasteiger partial charge in [-0.2, -0.15) is 0 Å². The number of rotatable bonds is 5. The zero-order chi connectivity index (χ0) is 24.6.